The second-order valence-corrected chi connectivity index (χ2v) is 3.64. The molecule has 0 fully saturated rings. The van der Waals surface area contributed by atoms with Crippen molar-refractivity contribution in [3.05, 3.63) is 23.8 Å². The van der Waals surface area contributed by atoms with Gasteiger partial charge in [0.15, 0.2) is 0 Å². The lowest BCUT2D eigenvalue weighted by molar-refractivity contribution is -0.108. The van der Waals surface area contributed by atoms with Gasteiger partial charge in [-0.3, -0.25) is 0 Å². The largest absolute Gasteiger partial charge is 0.377 e. The number of carbonyl (C=O) groups is 1. The van der Waals surface area contributed by atoms with Crippen LogP contribution in [0, 0.1) is 11.8 Å². The van der Waals surface area contributed by atoms with Crippen LogP contribution in [0.1, 0.15) is 12.8 Å². The first-order chi connectivity index (χ1) is 6.40. The Morgan fingerprint density at radius 1 is 1.54 bits per heavy atom. The van der Waals surface area contributed by atoms with Crippen LogP contribution in [0.4, 0.5) is 0 Å². The van der Waals surface area contributed by atoms with E-state index in [0.29, 0.717) is 31.5 Å². The minimum atomic E-state index is 0.511. The fraction of sp³-hybridized carbons (Fsp3) is 0.545. The molecule has 0 saturated heterocycles. The van der Waals surface area contributed by atoms with Gasteiger partial charge in [0.1, 0.15) is 6.29 Å². The summed E-state index contributed by atoms with van der Waals surface area (Å²) in [6.07, 6.45) is 9.48. The molecule has 2 bridgehead atoms. The van der Waals surface area contributed by atoms with Gasteiger partial charge in [0.2, 0.25) is 0 Å². The van der Waals surface area contributed by atoms with E-state index in [9.17, 15) is 4.79 Å². The maximum Gasteiger partial charge on any atom is 0.122 e. The van der Waals surface area contributed by atoms with E-state index in [1.165, 1.54) is 12.0 Å². The van der Waals surface area contributed by atoms with Crippen molar-refractivity contribution in [1.29, 1.82) is 0 Å². The Morgan fingerprint density at radius 2 is 2.46 bits per heavy atom. The third-order valence-electron chi connectivity index (χ3n) is 2.67. The van der Waals surface area contributed by atoms with E-state index in [2.05, 4.69) is 18.2 Å². The van der Waals surface area contributed by atoms with Gasteiger partial charge in [0.05, 0.1) is 13.2 Å². The first-order valence-electron chi connectivity index (χ1n) is 4.80. The number of fused-ring (bicyclic) bond motifs is 2. The summed E-state index contributed by atoms with van der Waals surface area (Å²) >= 11 is 0. The summed E-state index contributed by atoms with van der Waals surface area (Å²) in [5.41, 5.74) is 1.40. The zero-order valence-electron chi connectivity index (χ0n) is 7.61. The van der Waals surface area contributed by atoms with Crippen molar-refractivity contribution in [3.8, 4) is 0 Å². The highest BCUT2D eigenvalue weighted by Crippen LogP contribution is 2.37. The molecule has 0 aromatic carbocycles. The maximum absolute atomic E-state index is 10.0. The molecular formula is C11H14O2. The first-order valence-corrected chi connectivity index (χ1v) is 4.80. The molecule has 0 aromatic heterocycles. The number of carbonyl (C=O) groups excluding carboxylic acids is 1. The molecule has 0 N–H and O–H groups in total. The van der Waals surface area contributed by atoms with Gasteiger partial charge in [-0.25, -0.2) is 0 Å². The zero-order chi connectivity index (χ0) is 9.10. The smallest absolute Gasteiger partial charge is 0.122 e. The lowest BCUT2D eigenvalue weighted by Gasteiger charge is -2.09. The van der Waals surface area contributed by atoms with E-state index in [1.807, 2.05) is 0 Å². The van der Waals surface area contributed by atoms with Crippen molar-refractivity contribution in [1.82, 2.24) is 0 Å². The highest BCUT2D eigenvalue weighted by atomic mass is 16.5. The van der Waals surface area contributed by atoms with Crippen LogP contribution in [-0.2, 0) is 9.53 Å². The molecule has 0 heterocycles. The van der Waals surface area contributed by atoms with Crippen LogP contribution in [0.5, 0.6) is 0 Å². The van der Waals surface area contributed by atoms with E-state index in [1.54, 1.807) is 0 Å². The molecule has 2 aliphatic carbocycles. The molecule has 2 aliphatic rings. The Hall–Kier alpha value is -0.890. The van der Waals surface area contributed by atoms with Crippen LogP contribution in [-0.4, -0.2) is 19.5 Å². The first kappa shape index (κ1) is 8.70. The minimum absolute atomic E-state index is 0.511. The molecule has 2 nitrogen and oxygen atoms in total. The molecule has 0 radical (unpaired) electrons. The number of rotatable bonds is 5. The maximum atomic E-state index is 10.0. The summed E-state index contributed by atoms with van der Waals surface area (Å²) in [7, 11) is 0. The molecule has 0 aromatic rings. The quantitative estimate of drug-likeness (QED) is 0.364. The van der Waals surface area contributed by atoms with Gasteiger partial charge >= 0.3 is 0 Å². The van der Waals surface area contributed by atoms with Crippen molar-refractivity contribution in [2.75, 3.05) is 13.2 Å². The van der Waals surface area contributed by atoms with E-state index < -0.39 is 0 Å². The molecule has 0 saturated carbocycles. The van der Waals surface area contributed by atoms with Gasteiger partial charge < -0.3 is 9.53 Å². The van der Waals surface area contributed by atoms with Crippen LogP contribution >= 0.6 is 0 Å². The Kier molecular flexibility index (Phi) is 2.60. The van der Waals surface area contributed by atoms with Crippen molar-refractivity contribution < 1.29 is 9.53 Å². The summed E-state index contributed by atoms with van der Waals surface area (Å²) in [5.74, 6) is 1.29. The number of allylic oxidation sites excluding steroid dienone is 3. The van der Waals surface area contributed by atoms with Crippen LogP contribution in [0.2, 0.25) is 0 Å². The van der Waals surface area contributed by atoms with Gasteiger partial charge in [-0.2, -0.15) is 0 Å². The lowest BCUT2D eigenvalue weighted by Crippen LogP contribution is -2.04. The Balaban J connectivity index is 1.72. The predicted molar refractivity (Wildman–Crippen MR) is 50.3 cm³/mol. The summed E-state index contributed by atoms with van der Waals surface area (Å²) in [4.78, 5) is 10.0. The van der Waals surface area contributed by atoms with E-state index >= 15 is 0 Å². The average molecular weight is 178 g/mol. The van der Waals surface area contributed by atoms with Crippen molar-refractivity contribution in [3.63, 3.8) is 0 Å². The molecule has 0 amide bonds. The number of hydrogen-bond acceptors (Lipinski definition) is 2. The molecule has 0 spiro atoms. The van der Waals surface area contributed by atoms with Crippen molar-refractivity contribution >= 4 is 6.29 Å². The average Bonchev–Trinajstić information content (AvgIpc) is 2.73. The van der Waals surface area contributed by atoms with Crippen molar-refractivity contribution in [2.45, 2.75) is 12.8 Å². The molecule has 13 heavy (non-hydrogen) atoms. The second kappa shape index (κ2) is 3.88. The van der Waals surface area contributed by atoms with Gasteiger partial charge in [-0.15, -0.1) is 0 Å². The van der Waals surface area contributed by atoms with Gasteiger partial charge in [0, 0.05) is 12.3 Å². The van der Waals surface area contributed by atoms with Gasteiger partial charge in [0.25, 0.3) is 0 Å². The SMILES string of the molecule is O=CCCOCC1=C[C@H]2C=C[C@@H]1C2. The number of hydrogen-bond donors (Lipinski definition) is 0. The van der Waals surface area contributed by atoms with E-state index in [-0.39, 0.29) is 0 Å². The summed E-state index contributed by atoms with van der Waals surface area (Å²) < 4.78 is 5.38. The van der Waals surface area contributed by atoms with Gasteiger partial charge in [-0.05, 0) is 17.9 Å². The van der Waals surface area contributed by atoms with Crippen LogP contribution < -0.4 is 0 Å². The molecule has 70 valence electrons. The number of ether oxygens (including phenoxy) is 1. The topological polar surface area (TPSA) is 26.3 Å². The fourth-order valence-corrected chi connectivity index (χ4v) is 2.00. The van der Waals surface area contributed by atoms with Crippen LogP contribution in [0.15, 0.2) is 23.8 Å². The summed E-state index contributed by atoms with van der Waals surface area (Å²) in [6.45, 7) is 1.27. The van der Waals surface area contributed by atoms with Crippen molar-refractivity contribution in [2.24, 2.45) is 11.8 Å². The third-order valence-corrected chi connectivity index (χ3v) is 2.67. The predicted octanol–water partition coefficient (Wildman–Crippen LogP) is 1.72. The molecule has 2 heteroatoms. The Morgan fingerprint density at radius 3 is 3.08 bits per heavy atom. The van der Waals surface area contributed by atoms with Gasteiger partial charge in [-0.1, -0.05) is 18.2 Å². The molecule has 0 unspecified atom stereocenters. The molecule has 2 atom stereocenters. The molecular weight excluding hydrogens is 164 g/mol. The molecule has 2 rings (SSSR count). The lowest BCUT2D eigenvalue weighted by atomic mass is 10.0. The third kappa shape index (κ3) is 1.89. The highest BCUT2D eigenvalue weighted by Gasteiger charge is 2.27. The summed E-state index contributed by atoms with van der Waals surface area (Å²) in [5, 5.41) is 0. The Bertz CT molecular complexity index is 253. The van der Waals surface area contributed by atoms with Crippen LogP contribution in [0.25, 0.3) is 0 Å². The fourth-order valence-electron chi connectivity index (χ4n) is 2.00. The van der Waals surface area contributed by atoms with E-state index in [4.69, 9.17) is 4.74 Å². The van der Waals surface area contributed by atoms with Crippen LogP contribution in [0.3, 0.4) is 0 Å². The summed E-state index contributed by atoms with van der Waals surface area (Å²) in [6, 6.07) is 0. The second-order valence-electron chi connectivity index (χ2n) is 3.64. The minimum Gasteiger partial charge on any atom is -0.377 e. The normalized spacial score (nSPS) is 29.4. The monoisotopic (exact) mass is 178 g/mol. The standard InChI is InChI=1S/C11H14O2/c12-4-1-5-13-8-11-7-9-2-3-10(11)6-9/h2-4,7,9-10H,1,5-6,8H2/t9-,10+/m0/s1. The number of aldehydes is 1. The highest BCUT2D eigenvalue weighted by molar-refractivity contribution is 5.49. The zero-order valence-corrected chi connectivity index (χ0v) is 7.61. The Labute approximate surface area is 78.3 Å². The molecule has 0 aliphatic heterocycles. The van der Waals surface area contributed by atoms with E-state index in [0.717, 1.165) is 6.29 Å².